The quantitative estimate of drug-likeness (QED) is 0.174. The second-order valence-electron chi connectivity index (χ2n) is 10.2. The van der Waals surface area contributed by atoms with Crippen LogP contribution in [0.2, 0.25) is 0 Å². The van der Waals surface area contributed by atoms with E-state index in [9.17, 15) is 0 Å². The predicted molar refractivity (Wildman–Crippen MR) is 168 cm³/mol. The number of halogens is 2. The summed E-state index contributed by atoms with van der Waals surface area (Å²) in [6, 6.07) is 39.3. The molecule has 0 saturated carbocycles. The number of aromatic nitrogens is 4. The molecular weight excluding hydrogens is 906 g/mol. The van der Waals surface area contributed by atoms with Crippen LogP contribution in [0.15, 0.2) is 146 Å². The number of pyridine rings is 4. The number of hydrogen-bond acceptors (Lipinski definition) is 14. The van der Waals surface area contributed by atoms with Crippen molar-refractivity contribution in [1.29, 1.82) is 10.8 Å². The Hall–Kier alpha value is -4.98. The van der Waals surface area contributed by atoms with Crippen molar-refractivity contribution in [2.24, 2.45) is 0 Å². The van der Waals surface area contributed by atoms with E-state index in [4.69, 9.17) is 48.1 Å². The fraction of sp³-hybridized carbons (Fsp3) is 0. The molecule has 4 heterocycles. The van der Waals surface area contributed by atoms with E-state index in [1.54, 1.807) is 24.8 Å². The molecule has 2 N–H and O–H groups in total. The molecule has 0 amide bonds. The van der Waals surface area contributed by atoms with Gasteiger partial charge in [0.2, 0.25) is 0 Å². The summed E-state index contributed by atoms with van der Waals surface area (Å²) in [4.78, 5) is 16.7. The minimum Gasteiger partial charge on any atom is -0.298 e. The predicted octanol–water partition coefficient (Wildman–Crippen LogP) is -2.25. The average Bonchev–Trinajstić information content (AvgIpc) is 3.14. The third-order valence-electron chi connectivity index (χ3n) is 6.86. The van der Waals surface area contributed by atoms with Crippen LogP contribution in [0.3, 0.4) is 0 Å². The van der Waals surface area contributed by atoms with Crippen LogP contribution >= 0.6 is 0 Å². The van der Waals surface area contributed by atoms with Gasteiger partial charge in [-0.25, -0.2) is 37.3 Å². The first kappa shape index (κ1) is 42.4. The van der Waals surface area contributed by atoms with Gasteiger partial charge in [-0.1, -0.05) is 72.8 Å². The summed E-state index contributed by atoms with van der Waals surface area (Å²) < 4.78 is 67.9. The van der Waals surface area contributed by atoms with E-state index in [2.05, 4.69) is 44.2 Å². The molecule has 4 aromatic carbocycles. The van der Waals surface area contributed by atoms with Crippen LogP contribution < -0.4 is 48.0 Å². The van der Waals surface area contributed by atoms with Crippen molar-refractivity contribution in [3.8, 4) is 22.8 Å². The summed E-state index contributed by atoms with van der Waals surface area (Å²) >= 11 is 0. The molecular formula is C36H26Cl2N6O8Os. The standard InChI is InChI=1S/C16H10N2.2C10H8N2.2ClHO4.Os/c17-15-11-5-1-3-9-7-8-10-4-2-6-12(16(15)18)14(10)13(9)11;2*1-3-7-11-9(5-1)10-6-2-4-8-12-10;2*2-1(3,4)5;/h1-8,17-18H;2*1-8H;2*(H,2,3,4,5);/q;;;;;+2/p-2. The molecule has 14 nitrogen and oxygen atoms in total. The zero-order chi connectivity index (χ0) is 37.7. The summed E-state index contributed by atoms with van der Waals surface area (Å²) in [6.45, 7) is 0. The second kappa shape index (κ2) is 19.7. The third kappa shape index (κ3) is 13.5. The Labute approximate surface area is 318 Å². The normalized spacial score (nSPS) is 10.6. The fourth-order valence-corrected chi connectivity index (χ4v) is 4.90. The zero-order valence-electron chi connectivity index (χ0n) is 27.0. The van der Waals surface area contributed by atoms with Crippen LogP contribution in [0, 0.1) is 31.3 Å². The van der Waals surface area contributed by atoms with Crippen LogP contribution in [0.4, 0.5) is 0 Å². The Morgan fingerprint density at radius 3 is 0.849 bits per heavy atom. The molecule has 0 saturated heterocycles. The van der Waals surface area contributed by atoms with Crippen LogP contribution in [0.1, 0.15) is 0 Å². The van der Waals surface area contributed by atoms with E-state index in [1.807, 2.05) is 97.1 Å². The van der Waals surface area contributed by atoms with Gasteiger partial charge in [0.15, 0.2) is 0 Å². The maximum Gasteiger partial charge on any atom is 2.00 e. The smallest absolute Gasteiger partial charge is 0.298 e. The Kier molecular flexibility index (Phi) is 15.8. The van der Waals surface area contributed by atoms with Crippen LogP contribution in [-0.4, -0.2) is 19.9 Å². The first-order valence-corrected chi connectivity index (χ1v) is 17.2. The molecule has 270 valence electrons. The summed E-state index contributed by atoms with van der Waals surface area (Å²) in [5, 5.41) is 23.2. The van der Waals surface area contributed by atoms with E-state index in [1.165, 1.54) is 0 Å². The number of hydrogen-bond donors (Lipinski definition) is 2. The number of nitrogens with one attached hydrogen (secondary N) is 2. The van der Waals surface area contributed by atoms with Gasteiger partial charge in [0, 0.05) is 35.6 Å². The minimum atomic E-state index is -4.94. The maximum atomic E-state index is 8.49. The van der Waals surface area contributed by atoms with Crippen LogP contribution in [0.25, 0.3) is 55.1 Å². The van der Waals surface area contributed by atoms with Gasteiger partial charge in [-0.15, -0.1) is 20.5 Å². The van der Waals surface area contributed by atoms with Crippen molar-refractivity contribution in [2.75, 3.05) is 0 Å². The molecule has 0 aliphatic heterocycles. The van der Waals surface area contributed by atoms with E-state index < -0.39 is 20.5 Å². The molecule has 0 fully saturated rings. The Morgan fingerprint density at radius 2 is 0.623 bits per heavy atom. The van der Waals surface area contributed by atoms with Gasteiger partial charge >= 0.3 is 19.8 Å². The van der Waals surface area contributed by atoms with Gasteiger partial charge in [-0.05, 0) is 70.1 Å². The summed E-state index contributed by atoms with van der Waals surface area (Å²) in [5.41, 5.74) is 3.66. The van der Waals surface area contributed by atoms with E-state index in [-0.39, 0.29) is 19.8 Å². The minimum absolute atomic E-state index is 0. The number of benzene rings is 4. The molecule has 8 rings (SSSR count). The van der Waals surface area contributed by atoms with E-state index in [0.29, 0.717) is 10.7 Å². The van der Waals surface area contributed by atoms with E-state index in [0.717, 1.165) is 55.1 Å². The Balaban J connectivity index is 0.000000193. The number of nitrogens with zero attached hydrogens (tertiary/aromatic N) is 4. The average molecular weight is 932 g/mol. The monoisotopic (exact) mass is 932 g/mol. The molecule has 0 aliphatic carbocycles. The van der Waals surface area contributed by atoms with Crippen molar-refractivity contribution in [3.63, 3.8) is 0 Å². The molecule has 0 radical (unpaired) electrons. The van der Waals surface area contributed by atoms with Gasteiger partial charge in [-0.3, -0.25) is 30.8 Å². The van der Waals surface area contributed by atoms with Crippen LogP contribution in [-0.2, 0) is 19.8 Å². The van der Waals surface area contributed by atoms with Gasteiger partial charge in [0.05, 0.1) is 33.5 Å². The Bertz CT molecular complexity index is 2140. The summed E-state index contributed by atoms with van der Waals surface area (Å²) in [7, 11) is -9.89. The topological polar surface area (TPSA) is 284 Å². The van der Waals surface area contributed by atoms with E-state index >= 15 is 0 Å². The van der Waals surface area contributed by atoms with Gasteiger partial charge < -0.3 is 0 Å². The molecule has 0 spiro atoms. The third-order valence-corrected chi connectivity index (χ3v) is 6.86. The molecule has 4 aromatic heterocycles. The second-order valence-corrected chi connectivity index (χ2v) is 11.8. The summed E-state index contributed by atoms with van der Waals surface area (Å²) in [5.74, 6) is 0. The number of rotatable bonds is 2. The van der Waals surface area contributed by atoms with Gasteiger partial charge in [0.25, 0.3) is 0 Å². The zero-order valence-corrected chi connectivity index (χ0v) is 31.1. The van der Waals surface area contributed by atoms with Gasteiger partial charge in [0.1, 0.15) is 0 Å². The maximum absolute atomic E-state index is 8.49. The molecule has 0 atom stereocenters. The first-order valence-electron chi connectivity index (χ1n) is 14.7. The molecule has 8 aromatic rings. The molecule has 0 aliphatic rings. The molecule has 17 heteroatoms. The van der Waals surface area contributed by atoms with Crippen molar-refractivity contribution in [3.05, 3.63) is 157 Å². The largest absolute Gasteiger partial charge is 2.00 e. The molecule has 0 unspecified atom stereocenters. The van der Waals surface area contributed by atoms with Crippen LogP contribution in [0.5, 0.6) is 0 Å². The van der Waals surface area contributed by atoms with Crippen molar-refractivity contribution >= 4 is 32.3 Å². The summed E-state index contributed by atoms with van der Waals surface area (Å²) in [6.07, 6.45) is 7.07. The van der Waals surface area contributed by atoms with Crippen molar-refractivity contribution < 1.29 is 77.5 Å². The Morgan fingerprint density at radius 1 is 0.358 bits per heavy atom. The first-order chi connectivity index (χ1) is 24.7. The molecule has 53 heavy (non-hydrogen) atoms. The van der Waals surface area contributed by atoms with Crippen molar-refractivity contribution in [1.82, 2.24) is 19.9 Å². The fourth-order valence-electron chi connectivity index (χ4n) is 4.90. The SMILES string of the molecule is N=c1c(=N)c2cccc3ccc4cccc1c4c32.[O-][Cl+3]([O-])([O-])[O-].[O-][Cl+3]([O-])([O-])[O-].[Os+2].c1ccc(-c2ccccn2)nc1.c1ccc(-c2ccccn2)nc1. The molecule has 0 bridgehead atoms. The van der Waals surface area contributed by atoms with Crippen molar-refractivity contribution in [2.45, 2.75) is 0 Å². The van der Waals surface area contributed by atoms with Gasteiger partial charge in [-0.2, -0.15) is 0 Å².